The van der Waals surface area contributed by atoms with Crippen molar-refractivity contribution in [2.24, 2.45) is 0 Å². The number of hydrogen-bond acceptors (Lipinski definition) is 3. The number of para-hydroxylation sites is 1. The highest BCUT2D eigenvalue weighted by molar-refractivity contribution is 7.80. The molecule has 1 atom stereocenters. The molecule has 0 bridgehead atoms. The van der Waals surface area contributed by atoms with Crippen molar-refractivity contribution in [1.82, 2.24) is 5.32 Å². The molecule has 0 aliphatic rings. The van der Waals surface area contributed by atoms with Gasteiger partial charge in [0.1, 0.15) is 5.75 Å². The van der Waals surface area contributed by atoms with Gasteiger partial charge in [-0.1, -0.05) is 29.8 Å². The molecule has 114 valence electrons. The third-order valence-corrected chi connectivity index (χ3v) is 3.22. The quantitative estimate of drug-likeness (QED) is 0.838. The minimum Gasteiger partial charge on any atom is -0.481 e. The highest BCUT2D eigenvalue weighted by Crippen LogP contribution is 2.13. The van der Waals surface area contributed by atoms with Gasteiger partial charge in [-0.25, -0.2) is 0 Å². The average molecular weight is 335 g/mol. The monoisotopic (exact) mass is 334 g/mol. The molecule has 6 heteroatoms. The van der Waals surface area contributed by atoms with Crippen LogP contribution in [0.5, 0.6) is 5.75 Å². The summed E-state index contributed by atoms with van der Waals surface area (Å²) < 4.78 is 5.53. The molecule has 0 spiro atoms. The Hall–Kier alpha value is -2.11. The highest BCUT2D eigenvalue weighted by atomic mass is 35.5. The Kier molecular flexibility index (Phi) is 5.75. The minimum absolute atomic E-state index is 0.204. The van der Waals surface area contributed by atoms with E-state index in [4.69, 9.17) is 28.6 Å². The third kappa shape index (κ3) is 5.02. The summed E-state index contributed by atoms with van der Waals surface area (Å²) in [5.41, 5.74) is 0.742. The molecule has 0 saturated carbocycles. The van der Waals surface area contributed by atoms with E-state index in [9.17, 15) is 4.79 Å². The van der Waals surface area contributed by atoms with E-state index in [1.807, 2.05) is 18.2 Å². The lowest BCUT2D eigenvalue weighted by atomic mass is 10.3. The van der Waals surface area contributed by atoms with Gasteiger partial charge in [-0.05, 0) is 55.5 Å². The number of carbonyl (C=O) groups is 1. The van der Waals surface area contributed by atoms with Crippen LogP contribution in [0, 0.1) is 0 Å². The zero-order valence-corrected chi connectivity index (χ0v) is 13.4. The first-order valence-electron chi connectivity index (χ1n) is 6.64. The molecule has 0 unspecified atom stereocenters. The molecule has 0 aromatic heterocycles. The molecule has 0 radical (unpaired) electrons. The van der Waals surface area contributed by atoms with E-state index in [-0.39, 0.29) is 11.0 Å². The van der Waals surface area contributed by atoms with E-state index in [1.165, 1.54) is 0 Å². The maximum atomic E-state index is 12.0. The Bertz CT molecular complexity index is 647. The fourth-order valence-electron chi connectivity index (χ4n) is 1.67. The number of ether oxygens (including phenoxy) is 1. The highest BCUT2D eigenvalue weighted by Gasteiger charge is 2.15. The zero-order valence-electron chi connectivity index (χ0n) is 11.9. The van der Waals surface area contributed by atoms with Gasteiger partial charge >= 0.3 is 0 Å². The van der Waals surface area contributed by atoms with Crippen LogP contribution in [0.2, 0.25) is 5.02 Å². The molecule has 2 aromatic carbocycles. The Labute approximate surface area is 139 Å². The molecule has 1 amide bonds. The number of thiocarbonyl (C=S) groups is 1. The smallest absolute Gasteiger partial charge is 0.266 e. The van der Waals surface area contributed by atoms with Gasteiger partial charge < -0.3 is 10.1 Å². The number of amides is 1. The van der Waals surface area contributed by atoms with Crippen molar-refractivity contribution in [2.75, 3.05) is 5.32 Å². The lowest BCUT2D eigenvalue weighted by molar-refractivity contribution is -0.125. The predicted molar refractivity (Wildman–Crippen MR) is 92.3 cm³/mol. The van der Waals surface area contributed by atoms with Gasteiger partial charge in [0.25, 0.3) is 5.91 Å². The molecule has 0 fully saturated rings. The topological polar surface area (TPSA) is 50.4 Å². The van der Waals surface area contributed by atoms with Gasteiger partial charge in [-0.3, -0.25) is 10.1 Å². The molecule has 2 N–H and O–H groups in total. The molecular weight excluding hydrogens is 320 g/mol. The van der Waals surface area contributed by atoms with E-state index in [2.05, 4.69) is 10.6 Å². The van der Waals surface area contributed by atoms with Crippen molar-refractivity contribution in [3.05, 3.63) is 59.6 Å². The van der Waals surface area contributed by atoms with Crippen LogP contribution in [0.15, 0.2) is 54.6 Å². The van der Waals surface area contributed by atoms with Gasteiger partial charge in [0.15, 0.2) is 11.2 Å². The Morgan fingerprint density at radius 2 is 1.77 bits per heavy atom. The van der Waals surface area contributed by atoms with E-state index in [0.29, 0.717) is 10.8 Å². The number of halogens is 1. The van der Waals surface area contributed by atoms with Crippen molar-refractivity contribution in [3.8, 4) is 5.75 Å². The van der Waals surface area contributed by atoms with Crippen LogP contribution in [0.4, 0.5) is 5.69 Å². The summed E-state index contributed by atoms with van der Waals surface area (Å²) in [6.45, 7) is 1.66. The molecule has 0 aliphatic heterocycles. The minimum atomic E-state index is -0.660. The normalized spacial score (nSPS) is 11.4. The summed E-state index contributed by atoms with van der Waals surface area (Å²) in [7, 11) is 0. The molecule has 0 heterocycles. The summed E-state index contributed by atoms with van der Waals surface area (Å²) in [6, 6.07) is 16.1. The SMILES string of the molecule is C[C@H](Oc1ccccc1)C(=O)NC(=S)Nc1ccc(Cl)cc1. The first-order chi connectivity index (χ1) is 10.5. The van der Waals surface area contributed by atoms with Gasteiger partial charge in [-0.15, -0.1) is 0 Å². The number of carbonyl (C=O) groups excluding carboxylic acids is 1. The van der Waals surface area contributed by atoms with E-state index in [1.54, 1.807) is 43.3 Å². The van der Waals surface area contributed by atoms with Crippen LogP contribution in [-0.4, -0.2) is 17.1 Å². The van der Waals surface area contributed by atoms with Crippen LogP contribution < -0.4 is 15.4 Å². The van der Waals surface area contributed by atoms with Crippen LogP contribution >= 0.6 is 23.8 Å². The summed E-state index contributed by atoms with van der Waals surface area (Å²) >= 11 is 10.9. The Balaban J connectivity index is 1.85. The zero-order chi connectivity index (χ0) is 15.9. The molecule has 2 aromatic rings. The number of rotatable bonds is 4. The van der Waals surface area contributed by atoms with Gasteiger partial charge in [0.05, 0.1) is 0 Å². The van der Waals surface area contributed by atoms with E-state index in [0.717, 1.165) is 5.69 Å². The maximum absolute atomic E-state index is 12.0. The number of benzene rings is 2. The first kappa shape index (κ1) is 16.3. The summed E-state index contributed by atoms with van der Waals surface area (Å²) in [5, 5.41) is 6.32. The van der Waals surface area contributed by atoms with E-state index < -0.39 is 6.10 Å². The Morgan fingerprint density at radius 1 is 1.14 bits per heavy atom. The third-order valence-electron chi connectivity index (χ3n) is 2.76. The van der Waals surface area contributed by atoms with Gasteiger partial charge in [0, 0.05) is 10.7 Å². The largest absolute Gasteiger partial charge is 0.481 e. The number of hydrogen-bond donors (Lipinski definition) is 2. The second kappa shape index (κ2) is 7.77. The van der Waals surface area contributed by atoms with Crippen molar-refractivity contribution in [3.63, 3.8) is 0 Å². The van der Waals surface area contributed by atoms with Gasteiger partial charge in [0.2, 0.25) is 0 Å². The lowest BCUT2D eigenvalue weighted by Gasteiger charge is -2.15. The number of nitrogens with one attached hydrogen (secondary N) is 2. The fourth-order valence-corrected chi connectivity index (χ4v) is 2.01. The maximum Gasteiger partial charge on any atom is 0.266 e. The second-order valence-electron chi connectivity index (χ2n) is 4.52. The summed E-state index contributed by atoms with van der Waals surface area (Å²) in [5.74, 6) is 0.303. The molecule has 0 saturated heterocycles. The fraction of sp³-hybridized carbons (Fsp3) is 0.125. The van der Waals surface area contributed by atoms with Crippen LogP contribution in [-0.2, 0) is 4.79 Å². The van der Waals surface area contributed by atoms with Crippen LogP contribution in [0.3, 0.4) is 0 Å². The summed E-state index contributed by atoms with van der Waals surface area (Å²) in [6.07, 6.45) is -0.660. The van der Waals surface area contributed by atoms with E-state index >= 15 is 0 Å². The van der Waals surface area contributed by atoms with Gasteiger partial charge in [-0.2, -0.15) is 0 Å². The lowest BCUT2D eigenvalue weighted by Crippen LogP contribution is -2.42. The second-order valence-corrected chi connectivity index (χ2v) is 5.37. The molecule has 2 rings (SSSR count). The molecule has 22 heavy (non-hydrogen) atoms. The van der Waals surface area contributed by atoms with Crippen molar-refractivity contribution in [1.29, 1.82) is 0 Å². The van der Waals surface area contributed by atoms with Crippen LogP contribution in [0.25, 0.3) is 0 Å². The molecular formula is C16H15ClN2O2S. The standard InChI is InChI=1S/C16H15ClN2O2S/c1-11(21-14-5-3-2-4-6-14)15(20)19-16(22)18-13-9-7-12(17)8-10-13/h2-11H,1H3,(H2,18,19,20,22)/t11-/m0/s1. The predicted octanol–water partition coefficient (Wildman–Crippen LogP) is 3.62. The first-order valence-corrected chi connectivity index (χ1v) is 7.42. The molecule has 0 aliphatic carbocycles. The van der Waals surface area contributed by atoms with Crippen molar-refractivity contribution in [2.45, 2.75) is 13.0 Å². The number of anilines is 1. The van der Waals surface area contributed by atoms with Crippen molar-refractivity contribution < 1.29 is 9.53 Å². The van der Waals surface area contributed by atoms with Crippen LogP contribution in [0.1, 0.15) is 6.92 Å². The molecule has 4 nitrogen and oxygen atoms in total. The average Bonchev–Trinajstić information content (AvgIpc) is 2.50. The Morgan fingerprint density at radius 3 is 2.41 bits per heavy atom. The van der Waals surface area contributed by atoms with Crippen molar-refractivity contribution >= 4 is 40.5 Å². The summed E-state index contributed by atoms with van der Waals surface area (Å²) in [4.78, 5) is 12.0.